The van der Waals surface area contributed by atoms with E-state index in [9.17, 15) is 4.79 Å². The number of rotatable bonds is 5. The van der Waals surface area contributed by atoms with Crippen LogP contribution in [-0.4, -0.2) is 32.9 Å². The van der Waals surface area contributed by atoms with Crippen molar-refractivity contribution in [2.75, 3.05) is 21.3 Å². The molecule has 1 aromatic rings. The molecular weight excluding hydrogens is 296 g/mol. The van der Waals surface area contributed by atoms with Crippen molar-refractivity contribution in [3.63, 3.8) is 0 Å². The highest BCUT2D eigenvalue weighted by atomic mass is 16.6. The minimum absolute atomic E-state index is 0.0413. The van der Waals surface area contributed by atoms with Crippen LogP contribution in [0, 0.1) is 18.8 Å². The zero-order valence-corrected chi connectivity index (χ0v) is 14.4. The molecule has 0 spiro atoms. The molecule has 1 rings (SSSR count). The van der Waals surface area contributed by atoms with Gasteiger partial charge in [-0.1, -0.05) is 17.9 Å². The molecule has 0 saturated carbocycles. The van der Waals surface area contributed by atoms with Crippen molar-refractivity contribution < 1.29 is 23.7 Å². The number of methoxy groups -OCH3 is 3. The maximum absolute atomic E-state index is 11.7. The van der Waals surface area contributed by atoms with E-state index < -0.39 is 11.6 Å². The maximum Gasteiger partial charge on any atom is 0.377 e. The Morgan fingerprint density at radius 3 is 2.48 bits per heavy atom. The molecular formula is C18H22O5. The highest BCUT2D eigenvalue weighted by Crippen LogP contribution is 2.22. The van der Waals surface area contributed by atoms with Crippen LogP contribution in [0.2, 0.25) is 0 Å². The number of hydrogen-bond acceptors (Lipinski definition) is 5. The molecule has 23 heavy (non-hydrogen) atoms. The van der Waals surface area contributed by atoms with Gasteiger partial charge in [0.25, 0.3) is 0 Å². The molecule has 0 aliphatic rings. The van der Waals surface area contributed by atoms with Gasteiger partial charge in [-0.3, -0.25) is 0 Å². The molecule has 5 nitrogen and oxygen atoms in total. The second-order valence-electron chi connectivity index (χ2n) is 5.26. The van der Waals surface area contributed by atoms with E-state index in [1.54, 1.807) is 13.2 Å². The lowest BCUT2D eigenvalue weighted by atomic mass is 10.1. The topological polar surface area (TPSA) is 54.0 Å². The van der Waals surface area contributed by atoms with Crippen LogP contribution in [0.5, 0.6) is 5.75 Å². The molecule has 124 valence electrons. The normalized spacial score (nSPS) is 11.3. The Bertz CT molecular complexity index is 647. The molecule has 0 aliphatic heterocycles. The number of hydrogen-bond donors (Lipinski definition) is 0. The summed E-state index contributed by atoms with van der Waals surface area (Å²) in [5.41, 5.74) is 1.06. The minimum atomic E-state index is -0.622. The molecule has 0 aromatic heterocycles. The van der Waals surface area contributed by atoms with Crippen molar-refractivity contribution in [2.24, 2.45) is 0 Å². The highest BCUT2D eigenvalue weighted by molar-refractivity contribution is 5.86. The predicted octanol–water partition coefficient (Wildman–Crippen LogP) is 2.81. The van der Waals surface area contributed by atoms with Gasteiger partial charge in [0.05, 0.1) is 14.2 Å². The Morgan fingerprint density at radius 1 is 1.22 bits per heavy atom. The second kappa shape index (κ2) is 8.25. The maximum atomic E-state index is 11.7. The van der Waals surface area contributed by atoms with Gasteiger partial charge < -0.3 is 18.9 Å². The molecule has 0 radical (unpaired) electrons. The van der Waals surface area contributed by atoms with Crippen LogP contribution in [0.3, 0.4) is 0 Å². The van der Waals surface area contributed by atoms with Crippen LogP contribution >= 0.6 is 0 Å². The number of carbonyl (C=O) groups is 1. The third kappa shape index (κ3) is 5.68. The molecule has 0 fully saturated rings. The fraction of sp³-hybridized carbons (Fsp3) is 0.389. The number of carbonyl (C=O) groups excluding carboxylic acids is 1. The predicted molar refractivity (Wildman–Crippen MR) is 86.9 cm³/mol. The number of aryl methyl sites for hydroxylation is 1. The van der Waals surface area contributed by atoms with E-state index in [0.29, 0.717) is 5.75 Å². The van der Waals surface area contributed by atoms with Gasteiger partial charge in [-0.25, -0.2) is 4.79 Å². The van der Waals surface area contributed by atoms with E-state index >= 15 is 0 Å². The van der Waals surface area contributed by atoms with Gasteiger partial charge in [0, 0.05) is 12.7 Å². The summed E-state index contributed by atoms with van der Waals surface area (Å²) in [6.45, 7) is 5.62. The van der Waals surface area contributed by atoms with Crippen molar-refractivity contribution in [1.29, 1.82) is 0 Å². The largest absolute Gasteiger partial charge is 0.500 e. The Hall–Kier alpha value is -2.45. The smallest absolute Gasteiger partial charge is 0.377 e. The Morgan fingerprint density at radius 2 is 1.91 bits per heavy atom. The molecule has 0 N–H and O–H groups in total. The SMILES string of the molecule is COC=C(Oc1cc(C#CC(C)(C)OC)ccc1C)C(=O)OC. The summed E-state index contributed by atoms with van der Waals surface area (Å²) in [6, 6.07) is 5.49. The average molecular weight is 318 g/mol. The van der Waals surface area contributed by atoms with Crippen LogP contribution < -0.4 is 4.74 Å². The van der Waals surface area contributed by atoms with Gasteiger partial charge in [0.1, 0.15) is 17.6 Å². The van der Waals surface area contributed by atoms with Crippen LogP contribution in [0.1, 0.15) is 25.0 Å². The van der Waals surface area contributed by atoms with Gasteiger partial charge in [0.2, 0.25) is 5.76 Å². The lowest BCUT2D eigenvalue weighted by molar-refractivity contribution is -0.138. The van der Waals surface area contributed by atoms with E-state index in [4.69, 9.17) is 14.2 Å². The Kier molecular flexibility index (Phi) is 6.67. The summed E-state index contributed by atoms with van der Waals surface area (Å²) in [5, 5.41) is 0. The van der Waals surface area contributed by atoms with Gasteiger partial charge in [-0.2, -0.15) is 0 Å². The van der Waals surface area contributed by atoms with E-state index in [-0.39, 0.29) is 5.76 Å². The Balaban J connectivity index is 3.11. The quantitative estimate of drug-likeness (QED) is 0.362. The molecule has 0 bridgehead atoms. The van der Waals surface area contributed by atoms with E-state index in [0.717, 1.165) is 11.1 Å². The summed E-state index contributed by atoms with van der Waals surface area (Å²) >= 11 is 0. The first kappa shape index (κ1) is 18.6. The standard InChI is InChI=1S/C18H22O5/c1-13-7-8-14(9-10-18(2,3)22-6)11-15(13)23-16(12-20-4)17(19)21-5/h7-8,11-12H,1-6H3. The fourth-order valence-corrected chi connectivity index (χ4v) is 1.50. The van der Waals surface area contributed by atoms with Crippen molar-refractivity contribution >= 4 is 5.97 Å². The average Bonchev–Trinajstić information content (AvgIpc) is 2.54. The van der Waals surface area contributed by atoms with Crippen molar-refractivity contribution in [1.82, 2.24) is 0 Å². The molecule has 1 aromatic carbocycles. The zero-order valence-electron chi connectivity index (χ0n) is 14.4. The van der Waals surface area contributed by atoms with Gasteiger partial charge in [-0.15, -0.1) is 0 Å². The first-order valence-electron chi connectivity index (χ1n) is 7.01. The van der Waals surface area contributed by atoms with Gasteiger partial charge >= 0.3 is 5.97 Å². The number of benzene rings is 1. The summed E-state index contributed by atoms with van der Waals surface area (Å²) in [7, 11) is 4.31. The summed E-state index contributed by atoms with van der Waals surface area (Å²) in [5.74, 6) is 5.89. The summed E-state index contributed by atoms with van der Waals surface area (Å²) in [4.78, 5) is 11.7. The number of ether oxygens (including phenoxy) is 4. The lowest BCUT2D eigenvalue weighted by Gasteiger charge is -2.14. The zero-order chi connectivity index (χ0) is 17.5. The second-order valence-corrected chi connectivity index (χ2v) is 5.26. The lowest BCUT2D eigenvalue weighted by Crippen LogP contribution is -2.19. The van der Waals surface area contributed by atoms with Crippen molar-refractivity contribution in [3.05, 3.63) is 41.3 Å². The van der Waals surface area contributed by atoms with Crippen LogP contribution in [0.25, 0.3) is 0 Å². The summed E-state index contributed by atoms with van der Waals surface area (Å²) < 4.78 is 20.4. The van der Waals surface area contributed by atoms with Crippen molar-refractivity contribution in [2.45, 2.75) is 26.4 Å². The highest BCUT2D eigenvalue weighted by Gasteiger charge is 2.15. The van der Waals surface area contributed by atoms with Crippen molar-refractivity contribution in [3.8, 4) is 17.6 Å². The van der Waals surface area contributed by atoms with Crippen LogP contribution in [0.4, 0.5) is 0 Å². The third-order valence-corrected chi connectivity index (χ3v) is 3.04. The van der Waals surface area contributed by atoms with E-state index in [1.807, 2.05) is 32.9 Å². The van der Waals surface area contributed by atoms with E-state index in [1.165, 1.54) is 20.5 Å². The summed E-state index contributed by atoms with van der Waals surface area (Å²) in [6.07, 6.45) is 1.19. The first-order valence-corrected chi connectivity index (χ1v) is 7.01. The van der Waals surface area contributed by atoms with E-state index in [2.05, 4.69) is 16.6 Å². The molecule has 0 saturated heterocycles. The monoisotopic (exact) mass is 318 g/mol. The van der Waals surface area contributed by atoms with Crippen LogP contribution in [0.15, 0.2) is 30.2 Å². The molecule has 5 heteroatoms. The molecule has 0 unspecified atom stereocenters. The van der Waals surface area contributed by atoms with Gasteiger partial charge in [-0.05, 0) is 38.5 Å². The Labute approximate surface area is 137 Å². The molecule has 0 heterocycles. The minimum Gasteiger partial charge on any atom is -0.500 e. The van der Waals surface area contributed by atoms with Crippen LogP contribution in [-0.2, 0) is 19.0 Å². The molecule has 0 aliphatic carbocycles. The molecule has 0 atom stereocenters. The molecule has 0 amide bonds. The van der Waals surface area contributed by atoms with Gasteiger partial charge in [0.15, 0.2) is 0 Å². The third-order valence-electron chi connectivity index (χ3n) is 3.04. The number of esters is 1. The first-order chi connectivity index (χ1) is 10.8. The fourth-order valence-electron chi connectivity index (χ4n) is 1.50.